The SMILES string of the molecule is Cl.NC(CNC(=O)C1CC(F)(F)C1)C1CC1. The second kappa shape index (κ2) is 4.84. The Hall–Kier alpha value is -0.420. The monoisotopic (exact) mass is 254 g/mol. The van der Waals surface area contributed by atoms with E-state index in [1.807, 2.05) is 0 Å². The molecule has 6 heteroatoms. The summed E-state index contributed by atoms with van der Waals surface area (Å²) < 4.78 is 25.0. The standard InChI is InChI=1S/C10H16F2N2O.ClH/c11-10(12)3-7(4-10)9(15)14-5-8(13)6-1-2-6;/h6-8H,1-5,13H2,(H,14,15);1H. The van der Waals surface area contributed by atoms with Crippen LogP contribution in [0.3, 0.4) is 0 Å². The van der Waals surface area contributed by atoms with Crippen LogP contribution in [0.5, 0.6) is 0 Å². The molecule has 0 spiro atoms. The van der Waals surface area contributed by atoms with Gasteiger partial charge in [0.2, 0.25) is 11.8 Å². The molecule has 2 aliphatic carbocycles. The number of halogens is 3. The van der Waals surface area contributed by atoms with Crippen molar-refractivity contribution in [2.45, 2.75) is 37.6 Å². The van der Waals surface area contributed by atoms with Gasteiger partial charge < -0.3 is 11.1 Å². The van der Waals surface area contributed by atoms with Gasteiger partial charge in [-0.25, -0.2) is 8.78 Å². The summed E-state index contributed by atoms with van der Waals surface area (Å²) in [4.78, 5) is 11.4. The third-order valence-electron chi connectivity index (χ3n) is 3.20. The minimum Gasteiger partial charge on any atom is -0.354 e. The van der Waals surface area contributed by atoms with Crippen LogP contribution < -0.4 is 11.1 Å². The summed E-state index contributed by atoms with van der Waals surface area (Å²) in [6, 6.07) is -0.00506. The maximum absolute atomic E-state index is 12.5. The molecule has 0 saturated heterocycles. The second-order valence-electron chi connectivity index (χ2n) is 4.71. The highest BCUT2D eigenvalue weighted by molar-refractivity contribution is 5.85. The number of hydrogen-bond donors (Lipinski definition) is 2. The van der Waals surface area contributed by atoms with Crippen LogP contribution in [0.1, 0.15) is 25.7 Å². The molecule has 0 aromatic rings. The van der Waals surface area contributed by atoms with Crippen molar-refractivity contribution in [1.29, 1.82) is 0 Å². The van der Waals surface area contributed by atoms with Crippen LogP contribution in [-0.4, -0.2) is 24.4 Å². The molecule has 16 heavy (non-hydrogen) atoms. The fourth-order valence-electron chi connectivity index (χ4n) is 1.90. The molecule has 2 fully saturated rings. The van der Waals surface area contributed by atoms with Gasteiger partial charge in [-0.1, -0.05) is 0 Å². The molecule has 2 aliphatic rings. The van der Waals surface area contributed by atoms with Gasteiger partial charge in [-0.3, -0.25) is 4.79 Å². The van der Waals surface area contributed by atoms with Crippen molar-refractivity contribution in [2.75, 3.05) is 6.54 Å². The van der Waals surface area contributed by atoms with Crippen molar-refractivity contribution < 1.29 is 13.6 Å². The van der Waals surface area contributed by atoms with Gasteiger partial charge in [-0.05, 0) is 18.8 Å². The first-order valence-electron chi connectivity index (χ1n) is 5.39. The summed E-state index contributed by atoms with van der Waals surface area (Å²) >= 11 is 0. The number of rotatable bonds is 4. The van der Waals surface area contributed by atoms with Crippen LogP contribution in [0.25, 0.3) is 0 Å². The van der Waals surface area contributed by atoms with E-state index in [2.05, 4.69) is 5.32 Å². The van der Waals surface area contributed by atoms with Crippen LogP contribution in [0, 0.1) is 11.8 Å². The van der Waals surface area contributed by atoms with Gasteiger partial charge in [0.05, 0.1) is 0 Å². The molecule has 2 saturated carbocycles. The molecule has 2 rings (SSSR count). The van der Waals surface area contributed by atoms with E-state index in [4.69, 9.17) is 5.73 Å². The van der Waals surface area contributed by atoms with E-state index in [1.165, 1.54) is 0 Å². The number of alkyl halides is 2. The Kier molecular flexibility index (Phi) is 4.12. The second-order valence-corrected chi connectivity index (χ2v) is 4.71. The molecule has 0 aromatic carbocycles. The average molecular weight is 255 g/mol. The number of nitrogens with two attached hydrogens (primary N) is 1. The minimum atomic E-state index is -2.62. The molecule has 0 heterocycles. The van der Waals surface area contributed by atoms with E-state index in [0.717, 1.165) is 12.8 Å². The fourth-order valence-corrected chi connectivity index (χ4v) is 1.90. The molecule has 0 aliphatic heterocycles. The summed E-state index contributed by atoms with van der Waals surface area (Å²) in [5.74, 6) is -2.88. The largest absolute Gasteiger partial charge is 0.354 e. The molecule has 1 atom stereocenters. The minimum absolute atomic E-state index is 0. The Morgan fingerprint density at radius 1 is 1.44 bits per heavy atom. The van der Waals surface area contributed by atoms with Gasteiger partial charge in [-0.15, -0.1) is 12.4 Å². The van der Waals surface area contributed by atoms with Crippen molar-refractivity contribution in [3.05, 3.63) is 0 Å². The molecule has 1 unspecified atom stereocenters. The first kappa shape index (κ1) is 13.6. The van der Waals surface area contributed by atoms with Crippen LogP contribution in [0.4, 0.5) is 8.78 Å². The van der Waals surface area contributed by atoms with Crippen LogP contribution in [0.2, 0.25) is 0 Å². The summed E-state index contributed by atoms with van der Waals surface area (Å²) in [6.45, 7) is 0.422. The zero-order chi connectivity index (χ0) is 11.1. The number of carbonyl (C=O) groups is 1. The lowest BCUT2D eigenvalue weighted by atomic mass is 9.81. The number of amides is 1. The van der Waals surface area contributed by atoms with Crippen LogP contribution in [-0.2, 0) is 4.79 Å². The van der Waals surface area contributed by atoms with E-state index >= 15 is 0 Å². The van der Waals surface area contributed by atoms with Gasteiger partial charge in [-0.2, -0.15) is 0 Å². The molecule has 3 N–H and O–H groups in total. The first-order chi connectivity index (χ1) is 6.98. The molecular formula is C10H17ClF2N2O. The zero-order valence-electron chi connectivity index (χ0n) is 8.92. The Morgan fingerprint density at radius 2 is 2.00 bits per heavy atom. The summed E-state index contributed by atoms with van der Waals surface area (Å²) in [7, 11) is 0. The first-order valence-corrected chi connectivity index (χ1v) is 5.39. The highest BCUT2D eigenvalue weighted by Crippen LogP contribution is 2.42. The predicted octanol–water partition coefficient (Wildman–Crippen LogP) is 1.31. The van der Waals surface area contributed by atoms with Crippen molar-refractivity contribution in [3.63, 3.8) is 0 Å². The van der Waals surface area contributed by atoms with Gasteiger partial charge in [0.1, 0.15) is 0 Å². The fraction of sp³-hybridized carbons (Fsp3) is 0.900. The summed E-state index contributed by atoms with van der Waals surface area (Å²) in [5.41, 5.74) is 5.78. The summed E-state index contributed by atoms with van der Waals surface area (Å²) in [5, 5.41) is 2.65. The molecule has 0 bridgehead atoms. The van der Waals surface area contributed by atoms with E-state index < -0.39 is 11.8 Å². The highest BCUT2D eigenvalue weighted by Gasteiger charge is 2.48. The Bertz CT molecular complexity index is 264. The van der Waals surface area contributed by atoms with Crippen LogP contribution in [0.15, 0.2) is 0 Å². The van der Waals surface area contributed by atoms with E-state index in [9.17, 15) is 13.6 Å². The lowest BCUT2D eigenvalue weighted by molar-refractivity contribution is -0.150. The maximum Gasteiger partial charge on any atom is 0.249 e. The molecule has 0 radical (unpaired) electrons. The normalized spacial score (nSPS) is 25.2. The van der Waals surface area contributed by atoms with E-state index in [-0.39, 0.29) is 37.2 Å². The molecule has 0 aromatic heterocycles. The van der Waals surface area contributed by atoms with Crippen molar-refractivity contribution in [1.82, 2.24) is 5.32 Å². The Balaban J connectivity index is 0.00000128. The Labute approximate surface area is 99.5 Å². The topological polar surface area (TPSA) is 55.1 Å². The maximum atomic E-state index is 12.5. The third kappa shape index (κ3) is 3.28. The Morgan fingerprint density at radius 3 is 2.44 bits per heavy atom. The number of nitrogens with one attached hydrogen (secondary N) is 1. The third-order valence-corrected chi connectivity index (χ3v) is 3.20. The van der Waals surface area contributed by atoms with Gasteiger partial charge in [0.15, 0.2) is 0 Å². The predicted molar refractivity (Wildman–Crippen MR) is 58.6 cm³/mol. The van der Waals surface area contributed by atoms with E-state index in [1.54, 1.807) is 0 Å². The van der Waals surface area contributed by atoms with Crippen LogP contribution >= 0.6 is 12.4 Å². The average Bonchev–Trinajstić information content (AvgIpc) is 2.92. The zero-order valence-corrected chi connectivity index (χ0v) is 9.73. The van der Waals surface area contributed by atoms with Gasteiger partial charge in [0.25, 0.3) is 0 Å². The molecule has 3 nitrogen and oxygen atoms in total. The van der Waals surface area contributed by atoms with Crippen molar-refractivity contribution in [3.8, 4) is 0 Å². The smallest absolute Gasteiger partial charge is 0.249 e. The quantitative estimate of drug-likeness (QED) is 0.795. The van der Waals surface area contributed by atoms with Crippen molar-refractivity contribution >= 4 is 18.3 Å². The lowest BCUT2D eigenvalue weighted by Crippen LogP contribution is -2.47. The number of carbonyl (C=O) groups excluding carboxylic acids is 1. The van der Waals surface area contributed by atoms with E-state index in [0.29, 0.717) is 12.5 Å². The van der Waals surface area contributed by atoms with Crippen molar-refractivity contribution in [2.24, 2.45) is 17.6 Å². The number of hydrogen-bond acceptors (Lipinski definition) is 2. The lowest BCUT2D eigenvalue weighted by Gasteiger charge is -2.33. The van der Waals surface area contributed by atoms with Gasteiger partial charge >= 0.3 is 0 Å². The molecule has 94 valence electrons. The molecular weight excluding hydrogens is 238 g/mol. The summed E-state index contributed by atoms with van der Waals surface area (Å²) in [6.07, 6.45) is 1.63. The van der Waals surface area contributed by atoms with Gasteiger partial charge in [0, 0.05) is 31.3 Å². The molecule has 1 amide bonds. The highest BCUT2D eigenvalue weighted by atomic mass is 35.5.